The van der Waals surface area contributed by atoms with Gasteiger partial charge in [0.15, 0.2) is 0 Å². The molecule has 2 aromatic heterocycles. The van der Waals surface area contributed by atoms with Gasteiger partial charge in [0.1, 0.15) is 16.9 Å². The van der Waals surface area contributed by atoms with Crippen LogP contribution < -0.4 is 16.0 Å². The number of hydrogen-bond acceptors (Lipinski definition) is 6. The van der Waals surface area contributed by atoms with E-state index in [-0.39, 0.29) is 24.1 Å². The summed E-state index contributed by atoms with van der Waals surface area (Å²) in [5.74, 6) is 0.683. The lowest BCUT2D eigenvalue weighted by Crippen LogP contribution is -2.50. The molecule has 0 bridgehead atoms. The molecule has 4 N–H and O–H groups in total. The van der Waals surface area contributed by atoms with Crippen LogP contribution in [0.2, 0.25) is 0 Å². The highest BCUT2D eigenvalue weighted by Gasteiger charge is 2.32. The van der Waals surface area contributed by atoms with E-state index in [4.69, 9.17) is 14.7 Å². The van der Waals surface area contributed by atoms with Crippen LogP contribution in [0.3, 0.4) is 0 Å². The number of aryl methyl sites for hydroxylation is 1. The second-order valence-electron chi connectivity index (χ2n) is 10.1. The molecule has 3 heterocycles. The minimum absolute atomic E-state index is 0.0483. The third kappa shape index (κ3) is 4.42. The van der Waals surface area contributed by atoms with Gasteiger partial charge in [-0.05, 0) is 52.7 Å². The third-order valence-corrected chi connectivity index (χ3v) is 6.16. The van der Waals surface area contributed by atoms with Crippen LogP contribution in [0.4, 0.5) is 10.6 Å². The molecule has 1 aromatic carbocycles. The van der Waals surface area contributed by atoms with Crippen LogP contribution in [0.15, 0.2) is 24.3 Å². The number of anilines is 1. The zero-order chi connectivity index (χ0) is 24.0. The molecule has 178 valence electrons. The van der Waals surface area contributed by atoms with E-state index in [1.165, 1.54) is 0 Å². The van der Waals surface area contributed by atoms with Crippen molar-refractivity contribution in [1.82, 2.24) is 25.6 Å². The highest BCUT2D eigenvalue weighted by Crippen LogP contribution is 2.31. The summed E-state index contributed by atoms with van der Waals surface area (Å²) < 4.78 is 5.34. The number of aromatic nitrogens is 3. The first-order valence-corrected chi connectivity index (χ1v) is 11.7. The minimum atomic E-state index is -0.511. The van der Waals surface area contributed by atoms with Crippen molar-refractivity contribution in [3.05, 3.63) is 41.2 Å². The number of nitrogens with one attached hydrogen (secondary N) is 4. The van der Waals surface area contributed by atoms with Crippen molar-refractivity contribution < 1.29 is 14.3 Å². The summed E-state index contributed by atoms with van der Waals surface area (Å²) in [5.41, 5.74) is 5.30. The highest BCUT2D eigenvalue weighted by molar-refractivity contribution is 5.99. The molecule has 0 atom stereocenters. The van der Waals surface area contributed by atoms with E-state index in [0.29, 0.717) is 12.1 Å². The maximum atomic E-state index is 12.2. The Morgan fingerprint density at radius 2 is 1.94 bits per heavy atom. The molecular weight excluding hydrogens is 432 g/mol. The van der Waals surface area contributed by atoms with Crippen LogP contribution in [-0.4, -0.2) is 51.2 Å². The molecule has 9 nitrogen and oxygen atoms in total. The second kappa shape index (κ2) is 8.30. The molecule has 0 saturated heterocycles. The highest BCUT2D eigenvalue weighted by atomic mass is 16.6. The predicted molar refractivity (Wildman–Crippen MR) is 130 cm³/mol. The molecule has 9 heteroatoms. The Bertz CT molecular complexity index is 1270. The third-order valence-electron chi connectivity index (χ3n) is 6.16. The fourth-order valence-electron chi connectivity index (χ4n) is 4.48. The van der Waals surface area contributed by atoms with E-state index in [9.17, 15) is 9.59 Å². The van der Waals surface area contributed by atoms with Gasteiger partial charge < -0.3 is 25.7 Å². The molecule has 34 heavy (non-hydrogen) atoms. The largest absolute Gasteiger partial charge is 0.444 e. The number of ether oxygens (including phenoxy) is 1. The summed E-state index contributed by atoms with van der Waals surface area (Å²) >= 11 is 0. The standard InChI is InChI=1S/C25H30N6O3/c1-13-22(28-14-10-15(11-14)29-24(33)34-25(2,3)4)31-21-16(6-5-7-19(21)27-13)20-12-17-18(30-20)8-9-26-23(17)32/h5-7,12,14-15,30H,8-11H2,1-4H3,(H,26,32)(H,28,31)(H,29,33). The molecule has 3 aromatic rings. The molecule has 2 aliphatic rings. The average Bonchev–Trinajstić information content (AvgIpc) is 3.16. The molecule has 1 saturated carbocycles. The Kier molecular flexibility index (Phi) is 5.42. The van der Waals surface area contributed by atoms with Gasteiger partial charge in [0.25, 0.3) is 5.91 Å². The smallest absolute Gasteiger partial charge is 0.407 e. The van der Waals surface area contributed by atoms with Crippen LogP contribution in [0, 0.1) is 6.92 Å². The number of fused-ring (bicyclic) bond motifs is 2. The molecule has 5 rings (SSSR count). The number of alkyl carbamates (subject to hydrolysis) is 1. The predicted octanol–water partition coefficient (Wildman–Crippen LogP) is 3.69. The van der Waals surface area contributed by atoms with Crippen molar-refractivity contribution in [2.24, 2.45) is 0 Å². The van der Waals surface area contributed by atoms with E-state index in [1.54, 1.807) is 0 Å². The van der Waals surface area contributed by atoms with Crippen molar-refractivity contribution in [3.63, 3.8) is 0 Å². The van der Waals surface area contributed by atoms with Gasteiger partial charge in [0, 0.05) is 42.0 Å². The molecular formula is C25H30N6O3. The van der Waals surface area contributed by atoms with Gasteiger partial charge >= 0.3 is 6.09 Å². The number of aromatic amines is 1. The molecule has 1 aliphatic carbocycles. The second-order valence-corrected chi connectivity index (χ2v) is 10.1. The van der Waals surface area contributed by atoms with Crippen LogP contribution >= 0.6 is 0 Å². The summed E-state index contributed by atoms with van der Waals surface area (Å²) in [6.07, 6.45) is 1.98. The first kappa shape index (κ1) is 22.2. The maximum Gasteiger partial charge on any atom is 0.407 e. The van der Waals surface area contributed by atoms with Gasteiger partial charge in [-0.3, -0.25) is 4.79 Å². The van der Waals surface area contributed by atoms with Crippen LogP contribution in [-0.2, 0) is 11.2 Å². The van der Waals surface area contributed by atoms with Crippen molar-refractivity contribution in [2.75, 3.05) is 11.9 Å². The topological polar surface area (TPSA) is 121 Å². The number of H-pyrrole nitrogens is 1. The molecule has 0 spiro atoms. The summed E-state index contributed by atoms with van der Waals surface area (Å²) in [6.45, 7) is 8.13. The lowest BCUT2D eigenvalue weighted by molar-refractivity contribution is 0.0475. The number of rotatable bonds is 4. The lowest BCUT2D eigenvalue weighted by atomic mass is 9.87. The van der Waals surface area contributed by atoms with E-state index in [1.807, 2.05) is 52.0 Å². The zero-order valence-electron chi connectivity index (χ0n) is 19.9. The van der Waals surface area contributed by atoms with Crippen molar-refractivity contribution in [3.8, 4) is 11.3 Å². The van der Waals surface area contributed by atoms with Gasteiger partial charge in [-0.15, -0.1) is 0 Å². The Morgan fingerprint density at radius 3 is 2.68 bits per heavy atom. The van der Waals surface area contributed by atoms with Crippen molar-refractivity contribution in [2.45, 2.75) is 64.6 Å². The summed E-state index contributed by atoms with van der Waals surface area (Å²) in [4.78, 5) is 37.3. The first-order valence-electron chi connectivity index (χ1n) is 11.7. The Morgan fingerprint density at radius 1 is 1.15 bits per heavy atom. The molecule has 2 amide bonds. The van der Waals surface area contributed by atoms with E-state index in [2.05, 4.69) is 20.9 Å². The maximum absolute atomic E-state index is 12.2. The average molecular weight is 463 g/mol. The van der Waals surface area contributed by atoms with Crippen LogP contribution in [0.5, 0.6) is 0 Å². The SMILES string of the molecule is Cc1nc2cccc(-c3cc4c([nH]3)CCNC4=O)c2nc1NC1CC(NC(=O)OC(C)(C)C)C1. The molecule has 1 fully saturated rings. The number of benzene rings is 1. The van der Waals surface area contributed by atoms with Crippen molar-refractivity contribution in [1.29, 1.82) is 0 Å². The van der Waals surface area contributed by atoms with Gasteiger partial charge in [0.2, 0.25) is 0 Å². The Hall–Kier alpha value is -3.62. The van der Waals surface area contributed by atoms with E-state index >= 15 is 0 Å². The quantitative estimate of drug-likeness (QED) is 0.469. The summed E-state index contributed by atoms with van der Waals surface area (Å²) in [5, 5.41) is 9.29. The van der Waals surface area contributed by atoms with Crippen molar-refractivity contribution >= 4 is 28.9 Å². The minimum Gasteiger partial charge on any atom is -0.444 e. The van der Waals surface area contributed by atoms with Gasteiger partial charge in [-0.2, -0.15) is 0 Å². The Balaban J connectivity index is 1.34. The van der Waals surface area contributed by atoms with E-state index in [0.717, 1.165) is 58.8 Å². The van der Waals surface area contributed by atoms with Crippen LogP contribution in [0.1, 0.15) is 55.4 Å². The number of carbonyl (C=O) groups excluding carboxylic acids is 2. The van der Waals surface area contributed by atoms with Gasteiger partial charge in [0.05, 0.1) is 16.8 Å². The fourth-order valence-corrected chi connectivity index (χ4v) is 4.48. The van der Waals surface area contributed by atoms with Crippen LogP contribution in [0.25, 0.3) is 22.3 Å². The fraction of sp³-hybridized carbons (Fsp3) is 0.440. The zero-order valence-corrected chi connectivity index (χ0v) is 19.9. The van der Waals surface area contributed by atoms with E-state index < -0.39 is 5.60 Å². The summed E-state index contributed by atoms with van der Waals surface area (Å²) in [7, 11) is 0. The summed E-state index contributed by atoms with van der Waals surface area (Å²) in [6, 6.07) is 8.06. The molecule has 1 aliphatic heterocycles. The number of nitrogens with zero attached hydrogens (tertiary/aromatic N) is 2. The number of para-hydroxylation sites is 1. The molecule has 0 unspecified atom stereocenters. The number of carbonyl (C=O) groups is 2. The monoisotopic (exact) mass is 462 g/mol. The van der Waals surface area contributed by atoms with Gasteiger partial charge in [-0.1, -0.05) is 12.1 Å². The first-order chi connectivity index (χ1) is 16.2. The van der Waals surface area contributed by atoms with Gasteiger partial charge in [-0.25, -0.2) is 14.8 Å². The Labute approximate surface area is 198 Å². The number of hydrogen-bond donors (Lipinski definition) is 4. The molecule has 0 radical (unpaired) electrons. The number of amides is 2. The normalized spacial score (nSPS) is 19.7. The lowest BCUT2D eigenvalue weighted by Gasteiger charge is -2.37.